The number of carbonyl (C=O) groups excluding carboxylic acids is 1. The molecule has 1 rings (SSSR count). The Hall–Kier alpha value is -1.22. The Labute approximate surface area is 77.2 Å². The van der Waals surface area contributed by atoms with Crippen molar-refractivity contribution in [2.45, 2.75) is 6.42 Å². The summed E-state index contributed by atoms with van der Waals surface area (Å²) in [4.78, 5) is 10.5. The quantitative estimate of drug-likeness (QED) is 0.669. The number of nitrogens with two attached hydrogens (primary N) is 2. The molecule has 0 aliphatic heterocycles. The van der Waals surface area contributed by atoms with Crippen LogP contribution in [0.3, 0.4) is 0 Å². The number of halogens is 1. The molecular weight excluding hydrogens is 176 g/mol. The van der Waals surface area contributed by atoms with Crippen molar-refractivity contribution < 1.29 is 4.79 Å². The molecule has 0 spiro atoms. The van der Waals surface area contributed by atoms with Crippen LogP contribution in [0, 0.1) is 0 Å². The maximum absolute atomic E-state index is 10.5. The summed E-state index contributed by atoms with van der Waals surface area (Å²) < 4.78 is 0. The van der Waals surface area contributed by atoms with Gasteiger partial charge in [0.05, 0.1) is 6.42 Å². The third kappa shape index (κ3) is 3.25. The van der Waals surface area contributed by atoms with Gasteiger partial charge in [-0.25, -0.2) is 0 Å². The van der Waals surface area contributed by atoms with Crippen LogP contribution in [-0.4, -0.2) is 5.91 Å². The molecule has 4 N–H and O–H groups in total. The van der Waals surface area contributed by atoms with E-state index in [9.17, 15) is 4.79 Å². The van der Waals surface area contributed by atoms with Gasteiger partial charge in [-0.15, -0.1) is 12.4 Å². The minimum atomic E-state index is -0.337. The number of carbonyl (C=O) groups is 1. The van der Waals surface area contributed by atoms with Gasteiger partial charge in [-0.05, 0) is 17.7 Å². The summed E-state index contributed by atoms with van der Waals surface area (Å²) in [5.74, 6) is -0.337. The number of anilines is 1. The van der Waals surface area contributed by atoms with Gasteiger partial charge in [0, 0.05) is 5.69 Å². The molecule has 3 nitrogen and oxygen atoms in total. The third-order valence-corrected chi connectivity index (χ3v) is 1.33. The van der Waals surface area contributed by atoms with Crippen molar-refractivity contribution in [1.82, 2.24) is 0 Å². The predicted octanol–water partition coefficient (Wildman–Crippen LogP) is 0.718. The topological polar surface area (TPSA) is 69.1 Å². The highest BCUT2D eigenvalue weighted by molar-refractivity contribution is 5.85. The van der Waals surface area contributed by atoms with Gasteiger partial charge in [0.2, 0.25) is 5.91 Å². The second kappa shape index (κ2) is 4.62. The Balaban J connectivity index is 0.00000121. The molecule has 0 heterocycles. The van der Waals surface area contributed by atoms with Crippen LogP contribution >= 0.6 is 12.4 Å². The van der Waals surface area contributed by atoms with Crippen LogP contribution in [0.4, 0.5) is 5.69 Å². The monoisotopic (exact) mass is 186 g/mol. The number of amides is 1. The standard InChI is InChI=1S/C8H10N2O.ClH/c9-7-3-1-2-6(4-7)5-8(10)11;/h1-4H,5,9H2,(H2,10,11);1H. The van der Waals surface area contributed by atoms with E-state index in [1.165, 1.54) is 0 Å². The molecule has 4 heteroatoms. The molecule has 0 bridgehead atoms. The lowest BCUT2D eigenvalue weighted by Crippen LogP contribution is -2.13. The molecule has 0 unspecified atom stereocenters. The van der Waals surface area contributed by atoms with Gasteiger partial charge >= 0.3 is 0 Å². The van der Waals surface area contributed by atoms with Gasteiger partial charge in [0.25, 0.3) is 0 Å². The SMILES string of the molecule is Cl.NC(=O)Cc1cccc(N)c1. The van der Waals surface area contributed by atoms with E-state index in [4.69, 9.17) is 11.5 Å². The van der Waals surface area contributed by atoms with Gasteiger partial charge < -0.3 is 11.5 Å². The average molecular weight is 187 g/mol. The first kappa shape index (κ1) is 10.8. The number of benzene rings is 1. The molecule has 0 aromatic heterocycles. The highest BCUT2D eigenvalue weighted by Gasteiger charge is 1.96. The van der Waals surface area contributed by atoms with Gasteiger partial charge in [-0.1, -0.05) is 12.1 Å². The van der Waals surface area contributed by atoms with E-state index in [1.807, 2.05) is 6.07 Å². The Kier molecular flexibility index (Phi) is 4.15. The maximum atomic E-state index is 10.5. The van der Waals surface area contributed by atoms with Crippen molar-refractivity contribution in [1.29, 1.82) is 0 Å². The molecule has 0 aliphatic rings. The number of nitrogen functional groups attached to an aromatic ring is 1. The molecule has 0 radical (unpaired) electrons. The lowest BCUT2D eigenvalue weighted by molar-refractivity contribution is -0.117. The summed E-state index contributed by atoms with van der Waals surface area (Å²) >= 11 is 0. The molecule has 12 heavy (non-hydrogen) atoms. The molecule has 0 saturated heterocycles. The Bertz CT molecular complexity index is 276. The fraction of sp³-hybridized carbons (Fsp3) is 0.125. The van der Waals surface area contributed by atoms with Crippen LogP contribution in [-0.2, 0) is 11.2 Å². The van der Waals surface area contributed by atoms with Gasteiger partial charge in [-0.2, -0.15) is 0 Å². The number of primary amides is 1. The van der Waals surface area contributed by atoms with Crippen LogP contribution in [0.1, 0.15) is 5.56 Å². The summed E-state index contributed by atoms with van der Waals surface area (Å²) in [6.07, 6.45) is 0.255. The largest absolute Gasteiger partial charge is 0.399 e. The first-order valence-electron chi connectivity index (χ1n) is 3.31. The van der Waals surface area contributed by atoms with E-state index in [0.29, 0.717) is 5.69 Å². The lowest BCUT2D eigenvalue weighted by Gasteiger charge is -1.97. The summed E-state index contributed by atoms with van der Waals surface area (Å²) in [5.41, 5.74) is 12.0. The van der Waals surface area contributed by atoms with Crippen molar-refractivity contribution in [3.05, 3.63) is 29.8 Å². The number of rotatable bonds is 2. The van der Waals surface area contributed by atoms with Crippen LogP contribution in [0.15, 0.2) is 24.3 Å². The predicted molar refractivity (Wildman–Crippen MR) is 51.0 cm³/mol. The minimum absolute atomic E-state index is 0. The smallest absolute Gasteiger partial charge is 0.221 e. The summed E-state index contributed by atoms with van der Waals surface area (Å²) in [5, 5.41) is 0. The fourth-order valence-corrected chi connectivity index (χ4v) is 0.904. The molecule has 0 aliphatic carbocycles. The zero-order valence-electron chi connectivity index (χ0n) is 6.49. The van der Waals surface area contributed by atoms with Crippen molar-refractivity contribution >= 4 is 24.0 Å². The summed E-state index contributed by atoms with van der Waals surface area (Å²) in [6, 6.07) is 7.13. The Morgan fingerprint density at radius 3 is 2.58 bits per heavy atom. The van der Waals surface area contributed by atoms with Crippen LogP contribution in [0.5, 0.6) is 0 Å². The summed E-state index contributed by atoms with van der Waals surface area (Å²) in [6.45, 7) is 0. The second-order valence-electron chi connectivity index (χ2n) is 2.39. The van der Waals surface area contributed by atoms with Gasteiger partial charge in [0.15, 0.2) is 0 Å². The maximum Gasteiger partial charge on any atom is 0.221 e. The van der Waals surface area contributed by atoms with Crippen molar-refractivity contribution in [3.8, 4) is 0 Å². The van der Waals surface area contributed by atoms with E-state index in [0.717, 1.165) is 5.56 Å². The first-order chi connectivity index (χ1) is 5.18. The molecule has 1 aromatic rings. The van der Waals surface area contributed by atoms with E-state index >= 15 is 0 Å². The number of hydrogen-bond donors (Lipinski definition) is 2. The molecular formula is C8H11ClN2O. The van der Waals surface area contributed by atoms with E-state index in [-0.39, 0.29) is 24.7 Å². The highest BCUT2D eigenvalue weighted by atomic mass is 35.5. The zero-order chi connectivity index (χ0) is 8.27. The van der Waals surface area contributed by atoms with E-state index in [2.05, 4.69) is 0 Å². The molecule has 0 saturated carbocycles. The zero-order valence-corrected chi connectivity index (χ0v) is 7.30. The van der Waals surface area contributed by atoms with E-state index < -0.39 is 0 Å². The lowest BCUT2D eigenvalue weighted by atomic mass is 10.1. The van der Waals surface area contributed by atoms with Crippen LogP contribution in [0.25, 0.3) is 0 Å². The van der Waals surface area contributed by atoms with Crippen LogP contribution < -0.4 is 11.5 Å². The first-order valence-corrected chi connectivity index (χ1v) is 3.31. The molecule has 0 atom stereocenters. The third-order valence-electron chi connectivity index (χ3n) is 1.33. The highest BCUT2D eigenvalue weighted by Crippen LogP contribution is 2.06. The second-order valence-corrected chi connectivity index (χ2v) is 2.39. The number of hydrogen-bond acceptors (Lipinski definition) is 2. The molecule has 0 fully saturated rings. The molecule has 66 valence electrons. The van der Waals surface area contributed by atoms with Crippen molar-refractivity contribution in [2.24, 2.45) is 5.73 Å². The van der Waals surface area contributed by atoms with Crippen LogP contribution in [0.2, 0.25) is 0 Å². The average Bonchev–Trinajstić information content (AvgIpc) is 1.85. The molecule has 1 aromatic carbocycles. The van der Waals surface area contributed by atoms with Crippen molar-refractivity contribution in [2.75, 3.05) is 5.73 Å². The fourth-order valence-electron chi connectivity index (χ4n) is 0.904. The molecule has 1 amide bonds. The summed E-state index contributed by atoms with van der Waals surface area (Å²) in [7, 11) is 0. The normalized spacial score (nSPS) is 8.67. The Morgan fingerprint density at radius 1 is 1.42 bits per heavy atom. The Morgan fingerprint density at radius 2 is 2.08 bits per heavy atom. The van der Waals surface area contributed by atoms with E-state index in [1.54, 1.807) is 18.2 Å². The van der Waals surface area contributed by atoms with Crippen molar-refractivity contribution in [3.63, 3.8) is 0 Å². The van der Waals surface area contributed by atoms with Gasteiger partial charge in [0.1, 0.15) is 0 Å². The van der Waals surface area contributed by atoms with Gasteiger partial charge in [-0.3, -0.25) is 4.79 Å². The minimum Gasteiger partial charge on any atom is -0.399 e.